The average molecular weight is 203 g/mol. The number of aliphatic hydroxyl groups is 1. The number of rotatable bonds is 2. The first-order valence-electron chi connectivity index (χ1n) is 5.05. The van der Waals surface area contributed by atoms with Gasteiger partial charge >= 0.3 is 0 Å². The smallest absolute Gasteiger partial charge is 0.123 e. The molecule has 0 bridgehead atoms. The van der Waals surface area contributed by atoms with E-state index in [1.54, 1.807) is 0 Å². The summed E-state index contributed by atoms with van der Waals surface area (Å²) in [7, 11) is 0. The minimum absolute atomic E-state index is 0.134. The monoisotopic (exact) mass is 203 g/mol. The van der Waals surface area contributed by atoms with Crippen molar-refractivity contribution in [3.8, 4) is 11.8 Å². The Morgan fingerprint density at radius 1 is 1.67 bits per heavy atom. The van der Waals surface area contributed by atoms with Crippen LogP contribution in [0.15, 0.2) is 18.2 Å². The topological polar surface area (TPSA) is 53.2 Å². The number of nitriles is 1. The Hall–Kier alpha value is -1.53. The lowest BCUT2D eigenvalue weighted by molar-refractivity contribution is 0.183. The van der Waals surface area contributed by atoms with Crippen LogP contribution in [0.3, 0.4) is 0 Å². The lowest BCUT2D eigenvalue weighted by Crippen LogP contribution is -2.05. The van der Waals surface area contributed by atoms with Crippen molar-refractivity contribution in [3.63, 3.8) is 0 Å². The zero-order valence-corrected chi connectivity index (χ0v) is 8.60. The van der Waals surface area contributed by atoms with Gasteiger partial charge in [-0.05, 0) is 30.2 Å². The maximum absolute atomic E-state index is 9.65. The van der Waals surface area contributed by atoms with Crippen molar-refractivity contribution in [3.05, 3.63) is 29.3 Å². The van der Waals surface area contributed by atoms with Crippen LogP contribution >= 0.6 is 0 Å². The predicted molar refractivity (Wildman–Crippen MR) is 55.4 cm³/mol. The van der Waals surface area contributed by atoms with E-state index in [0.717, 1.165) is 23.3 Å². The summed E-state index contributed by atoms with van der Waals surface area (Å²) in [5.41, 5.74) is 1.92. The zero-order chi connectivity index (χ0) is 10.8. The van der Waals surface area contributed by atoms with Gasteiger partial charge in [-0.2, -0.15) is 5.26 Å². The van der Waals surface area contributed by atoms with E-state index < -0.39 is 6.10 Å². The largest absolute Gasteiger partial charge is 0.490 e. The highest BCUT2D eigenvalue weighted by Crippen LogP contribution is 2.31. The third kappa shape index (κ3) is 1.95. The molecular weight excluding hydrogens is 190 g/mol. The number of aliphatic hydroxyl groups excluding tert-OH is 1. The van der Waals surface area contributed by atoms with E-state index in [9.17, 15) is 5.11 Å². The van der Waals surface area contributed by atoms with Gasteiger partial charge in [-0.1, -0.05) is 6.07 Å². The predicted octanol–water partition coefficient (Wildman–Crippen LogP) is 1.96. The summed E-state index contributed by atoms with van der Waals surface area (Å²) in [5, 5.41) is 18.2. The minimum atomic E-state index is -0.684. The van der Waals surface area contributed by atoms with Crippen LogP contribution in [-0.2, 0) is 6.42 Å². The number of nitrogens with zero attached hydrogens (tertiary/aromatic N) is 1. The second kappa shape index (κ2) is 3.92. The van der Waals surface area contributed by atoms with Gasteiger partial charge in [0, 0.05) is 6.42 Å². The van der Waals surface area contributed by atoms with Gasteiger partial charge in [0.15, 0.2) is 0 Å². The maximum Gasteiger partial charge on any atom is 0.123 e. The Balaban J connectivity index is 2.24. The van der Waals surface area contributed by atoms with Crippen LogP contribution < -0.4 is 4.74 Å². The van der Waals surface area contributed by atoms with Crippen LogP contribution in [0.4, 0.5) is 0 Å². The van der Waals surface area contributed by atoms with Crippen molar-refractivity contribution < 1.29 is 9.84 Å². The number of hydrogen-bond acceptors (Lipinski definition) is 3. The van der Waals surface area contributed by atoms with Gasteiger partial charge in [0.25, 0.3) is 0 Å². The molecule has 0 aromatic heterocycles. The number of benzene rings is 1. The van der Waals surface area contributed by atoms with E-state index in [4.69, 9.17) is 10.00 Å². The molecule has 78 valence electrons. The molecule has 1 N–H and O–H groups in total. The molecule has 1 aliphatic heterocycles. The second-order valence-corrected chi connectivity index (χ2v) is 3.88. The van der Waals surface area contributed by atoms with Crippen LogP contribution in [0.2, 0.25) is 0 Å². The summed E-state index contributed by atoms with van der Waals surface area (Å²) in [6, 6.07) is 7.58. The van der Waals surface area contributed by atoms with Gasteiger partial charge < -0.3 is 9.84 Å². The van der Waals surface area contributed by atoms with Crippen molar-refractivity contribution in [1.82, 2.24) is 0 Å². The number of fused-ring (bicyclic) bond motifs is 1. The van der Waals surface area contributed by atoms with Gasteiger partial charge in [0.2, 0.25) is 0 Å². The molecule has 3 nitrogen and oxygen atoms in total. The molecule has 0 spiro atoms. The van der Waals surface area contributed by atoms with Crippen molar-refractivity contribution in [2.24, 2.45) is 0 Å². The molecule has 0 amide bonds. The fraction of sp³-hybridized carbons (Fsp3) is 0.417. The van der Waals surface area contributed by atoms with Gasteiger partial charge in [0.05, 0.1) is 18.6 Å². The maximum atomic E-state index is 9.65. The Morgan fingerprint density at radius 3 is 3.20 bits per heavy atom. The van der Waals surface area contributed by atoms with Gasteiger partial charge in [-0.25, -0.2) is 0 Å². The Morgan fingerprint density at radius 2 is 2.47 bits per heavy atom. The van der Waals surface area contributed by atoms with Crippen LogP contribution in [0, 0.1) is 11.3 Å². The molecule has 0 aliphatic carbocycles. The molecule has 1 heterocycles. The lowest BCUT2D eigenvalue weighted by atomic mass is 10.0. The quantitative estimate of drug-likeness (QED) is 0.799. The van der Waals surface area contributed by atoms with Crippen molar-refractivity contribution in [2.75, 3.05) is 0 Å². The van der Waals surface area contributed by atoms with Gasteiger partial charge in [-0.15, -0.1) is 0 Å². The molecule has 2 unspecified atom stereocenters. The minimum Gasteiger partial charge on any atom is -0.490 e. The second-order valence-electron chi connectivity index (χ2n) is 3.88. The summed E-state index contributed by atoms with van der Waals surface area (Å²) in [6.45, 7) is 2.02. The van der Waals surface area contributed by atoms with Crippen LogP contribution in [0.1, 0.15) is 30.6 Å². The molecular formula is C12H13NO2. The molecule has 2 rings (SSSR count). The molecule has 0 fully saturated rings. The van der Waals surface area contributed by atoms with Crippen LogP contribution in [-0.4, -0.2) is 11.2 Å². The van der Waals surface area contributed by atoms with Crippen molar-refractivity contribution in [2.45, 2.75) is 32.0 Å². The molecule has 1 aliphatic rings. The molecule has 15 heavy (non-hydrogen) atoms. The normalized spacial score (nSPS) is 20.2. The van der Waals surface area contributed by atoms with Crippen molar-refractivity contribution in [1.29, 1.82) is 5.26 Å². The van der Waals surface area contributed by atoms with E-state index in [1.165, 1.54) is 0 Å². The number of ether oxygens (including phenoxy) is 1. The summed E-state index contributed by atoms with van der Waals surface area (Å²) in [6.07, 6.45) is 0.539. The summed E-state index contributed by atoms with van der Waals surface area (Å²) in [5.74, 6) is 0.899. The first-order chi connectivity index (χ1) is 7.20. The molecule has 0 radical (unpaired) electrons. The molecule has 0 saturated carbocycles. The van der Waals surface area contributed by atoms with E-state index in [-0.39, 0.29) is 12.5 Å². The highest BCUT2D eigenvalue weighted by Gasteiger charge is 2.20. The molecule has 2 atom stereocenters. The number of hydrogen-bond donors (Lipinski definition) is 1. The SMILES string of the molecule is CC1Cc2cc(C(O)CC#N)ccc2O1. The fourth-order valence-electron chi connectivity index (χ4n) is 1.85. The summed E-state index contributed by atoms with van der Waals surface area (Å²) in [4.78, 5) is 0. The van der Waals surface area contributed by atoms with E-state index >= 15 is 0 Å². The summed E-state index contributed by atoms with van der Waals surface area (Å²) >= 11 is 0. The fourth-order valence-corrected chi connectivity index (χ4v) is 1.85. The van der Waals surface area contributed by atoms with E-state index in [0.29, 0.717) is 0 Å². The molecule has 1 aromatic carbocycles. The third-order valence-corrected chi connectivity index (χ3v) is 2.59. The standard InChI is InChI=1S/C12H13NO2/c1-8-6-10-7-9(11(14)4-5-13)2-3-12(10)15-8/h2-3,7-8,11,14H,4,6H2,1H3. The highest BCUT2D eigenvalue weighted by atomic mass is 16.5. The first-order valence-corrected chi connectivity index (χ1v) is 5.05. The zero-order valence-electron chi connectivity index (χ0n) is 8.60. The molecule has 3 heteroatoms. The van der Waals surface area contributed by atoms with E-state index in [1.807, 2.05) is 31.2 Å². The average Bonchev–Trinajstić information content (AvgIpc) is 2.57. The van der Waals surface area contributed by atoms with E-state index in [2.05, 4.69) is 0 Å². The van der Waals surface area contributed by atoms with Crippen LogP contribution in [0.5, 0.6) is 5.75 Å². The Kier molecular flexibility index (Phi) is 2.61. The Bertz CT molecular complexity index is 409. The third-order valence-electron chi connectivity index (χ3n) is 2.59. The molecule has 1 aromatic rings. The van der Waals surface area contributed by atoms with Crippen LogP contribution in [0.25, 0.3) is 0 Å². The van der Waals surface area contributed by atoms with Gasteiger partial charge in [-0.3, -0.25) is 0 Å². The lowest BCUT2D eigenvalue weighted by Gasteiger charge is -2.08. The molecule has 0 saturated heterocycles. The Labute approximate surface area is 88.9 Å². The highest BCUT2D eigenvalue weighted by molar-refractivity contribution is 5.41. The van der Waals surface area contributed by atoms with Crippen molar-refractivity contribution >= 4 is 0 Å². The summed E-state index contributed by atoms with van der Waals surface area (Å²) < 4.78 is 5.55. The van der Waals surface area contributed by atoms with Gasteiger partial charge in [0.1, 0.15) is 11.9 Å². The first kappa shape index (κ1) is 10.0.